The lowest BCUT2D eigenvalue weighted by Gasteiger charge is -2.20. The lowest BCUT2D eigenvalue weighted by atomic mass is 9.97. The van der Waals surface area contributed by atoms with Gasteiger partial charge in [-0.25, -0.2) is 0 Å². The fraction of sp³-hybridized carbons (Fsp3) is 0.583. The maximum absolute atomic E-state index is 10.6. The van der Waals surface area contributed by atoms with Crippen LogP contribution >= 0.6 is 0 Å². The highest BCUT2D eigenvalue weighted by Crippen LogP contribution is 2.17. The predicted molar refractivity (Wildman–Crippen MR) is 67.0 cm³/mol. The van der Waals surface area contributed by atoms with E-state index in [0.29, 0.717) is 12.0 Å². The number of nitrogens with zero attached hydrogens (tertiary/aromatic N) is 2. The summed E-state index contributed by atoms with van der Waals surface area (Å²) in [6, 6.07) is 1.91. The number of hydrogen-bond donors (Lipinski definition) is 1. The van der Waals surface area contributed by atoms with Gasteiger partial charge in [-0.3, -0.25) is 15.1 Å². The molecule has 0 aliphatic rings. The largest absolute Gasteiger partial charge is 0.316 e. The van der Waals surface area contributed by atoms with Gasteiger partial charge in [-0.15, -0.1) is 0 Å². The van der Waals surface area contributed by atoms with Gasteiger partial charge in [0.05, 0.1) is 4.92 Å². The molecule has 1 rings (SSSR count). The first-order valence-electron chi connectivity index (χ1n) is 5.73. The summed E-state index contributed by atoms with van der Waals surface area (Å²) in [6.45, 7) is 6.14. The molecule has 0 bridgehead atoms. The highest BCUT2D eigenvalue weighted by atomic mass is 16.6. The summed E-state index contributed by atoms with van der Waals surface area (Å²) < 4.78 is 0. The zero-order valence-corrected chi connectivity index (χ0v) is 10.7. The zero-order valence-electron chi connectivity index (χ0n) is 10.7. The van der Waals surface area contributed by atoms with E-state index in [2.05, 4.69) is 24.1 Å². The molecule has 0 aliphatic carbocycles. The smallest absolute Gasteiger partial charge is 0.287 e. The summed E-state index contributed by atoms with van der Waals surface area (Å²) in [5.74, 6) is 0.497. The molecule has 1 heterocycles. The van der Waals surface area contributed by atoms with E-state index in [0.717, 1.165) is 17.7 Å². The number of likely N-dealkylation sites (N-methyl/N-ethyl adjacent to an activating group) is 1. The van der Waals surface area contributed by atoms with Crippen molar-refractivity contribution in [1.29, 1.82) is 0 Å². The van der Waals surface area contributed by atoms with Crippen molar-refractivity contribution in [2.45, 2.75) is 33.2 Å². The molecule has 94 valence electrons. The van der Waals surface area contributed by atoms with Gasteiger partial charge in [0.1, 0.15) is 6.20 Å². The Labute approximate surface area is 101 Å². The van der Waals surface area contributed by atoms with E-state index < -0.39 is 4.92 Å². The Morgan fingerprint density at radius 1 is 1.53 bits per heavy atom. The fourth-order valence-corrected chi connectivity index (χ4v) is 1.78. The second-order valence-electron chi connectivity index (χ2n) is 4.56. The first-order chi connectivity index (χ1) is 7.95. The van der Waals surface area contributed by atoms with Crippen molar-refractivity contribution in [2.75, 3.05) is 7.05 Å². The molecule has 0 spiro atoms. The van der Waals surface area contributed by atoms with Gasteiger partial charge >= 0.3 is 0 Å². The van der Waals surface area contributed by atoms with Crippen LogP contribution in [0.15, 0.2) is 12.3 Å². The molecule has 5 nitrogen and oxygen atoms in total. The van der Waals surface area contributed by atoms with Gasteiger partial charge < -0.3 is 5.32 Å². The zero-order chi connectivity index (χ0) is 13.0. The molecule has 1 aromatic rings. The normalized spacial score (nSPS) is 12.8. The predicted octanol–water partition coefficient (Wildman–Crippen LogP) is 2.08. The first kappa shape index (κ1) is 13.6. The molecule has 1 aromatic heterocycles. The highest BCUT2D eigenvalue weighted by molar-refractivity contribution is 5.33. The van der Waals surface area contributed by atoms with E-state index in [1.807, 2.05) is 14.0 Å². The third-order valence-electron chi connectivity index (χ3n) is 2.97. The molecule has 1 atom stereocenters. The van der Waals surface area contributed by atoms with Crippen LogP contribution in [0.25, 0.3) is 0 Å². The second kappa shape index (κ2) is 5.72. The van der Waals surface area contributed by atoms with Gasteiger partial charge in [-0.05, 0) is 25.5 Å². The van der Waals surface area contributed by atoms with Crippen molar-refractivity contribution >= 4 is 5.69 Å². The summed E-state index contributed by atoms with van der Waals surface area (Å²) in [4.78, 5) is 14.4. The number of nitro groups is 1. The number of hydrogen-bond acceptors (Lipinski definition) is 4. The maximum Gasteiger partial charge on any atom is 0.287 e. The van der Waals surface area contributed by atoms with Gasteiger partial charge in [-0.1, -0.05) is 13.8 Å². The van der Waals surface area contributed by atoms with Gasteiger partial charge in [-0.2, -0.15) is 0 Å². The van der Waals surface area contributed by atoms with Crippen LogP contribution in [-0.2, 0) is 6.42 Å². The minimum atomic E-state index is -0.415. The molecular weight excluding hydrogens is 218 g/mol. The van der Waals surface area contributed by atoms with E-state index in [-0.39, 0.29) is 5.69 Å². The number of rotatable bonds is 5. The average Bonchev–Trinajstić information content (AvgIpc) is 2.26. The standard InChI is InChI=1S/C12H19N3O2/c1-8(2)11(13-4)6-12-9(3)5-10(7-14-12)15(16)17/h5,7-8,11,13H,6H2,1-4H3. The van der Waals surface area contributed by atoms with E-state index in [1.54, 1.807) is 6.07 Å². The van der Waals surface area contributed by atoms with Crippen LogP contribution in [0.3, 0.4) is 0 Å². The van der Waals surface area contributed by atoms with E-state index in [9.17, 15) is 10.1 Å². The van der Waals surface area contributed by atoms with Crippen LogP contribution in [0.5, 0.6) is 0 Å². The van der Waals surface area contributed by atoms with Crippen LogP contribution in [0.2, 0.25) is 0 Å². The minimum absolute atomic E-state index is 0.0526. The number of aromatic nitrogens is 1. The van der Waals surface area contributed by atoms with Crippen LogP contribution < -0.4 is 5.32 Å². The molecule has 0 saturated heterocycles. The van der Waals surface area contributed by atoms with Gasteiger partial charge in [0.15, 0.2) is 0 Å². The second-order valence-corrected chi connectivity index (χ2v) is 4.56. The molecule has 1 unspecified atom stereocenters. The molecule has 0 amide bonds. The van der Waals surface area contributed by atoms with Gasteiger partial charge in [0, 0.05) is 24.2 Å². The molecular formula is C12H19N3O2. The molecule has 17 heavy (non-hydrogen) atoms. The van der Waals surface area contributed by atoms with Crippen molar-refractivity contribution in [3.8, 4) is 0 Å². The molecule has 1 N–H and O–H groups in total. The summed E-state index contributed by atoms with van der Waals surface area (Å²) in [5, 5.41) is 13.8. The molecule has 0 aliphatic heterocycles. The Balaban J connectivity index is 2.89. The van der Waals surface area contributed by atoms with Crippen molar-refractivity contribution < 1.29 is 4.92 Å². The van der Waals surface area contributed by atoms with Crippen LogP contribution in [0.4, 0.5) is 5.69 Å². The summed E-state index contributed by atoms with van der Waals surface area (Å²) in [6.07, 6.45) is 2.12. The summed E-state index contributed by atoms with van der Waals surface area (Å²) in [5.41, 5.74) is 1.85. The summed E-state index contributed by atoms with van der Waals surface area (Å²) in [7, 11) is 1.92. The number of pyridine rings is 1. The lowest BCUT2D eigenvalue weighted by molar-refractivity contribution is -0.385. The van der Waals surface area contributed by atoms with Crippen molar-refractivity contribution in [2.24, 2.45) is 5.92 Å². The van der Waals surface area contributed by atoms with E-state index in [4.69, 9.17) is 0 Å². The minimum Gasteiger partial charge on any atom is -0.316 e. The summed E-state index contributed by atoms with van der Waals surface area (Å²) >= 11 is 0. The Hall–Kier alpha value is -1.49. The molecule has 0 saturated carbocycles. The maximum atomic E-state index is 10.6. The van der Waals surface area contributed by atoms with Crippen LogP contribution in [0.1, 0.15) is 25.1 Å². The Bertz CT molecular complexity index is 405. The van der Waals surface area contributed by atoms with Gasteiger partial charge in [0.2, 0.25) is 0 Å². The van der Waals surface area contributed by atoms with E-state index in [1.165, 1.54) is 6.20 Å². The lowest BCUT2D eigenvalue weighted by Crippen LogP contribution is -2.33. The highest BCUT2D eigenvalue weighted by Gasteiger charge is 2.15. The average molecular weight is 237 g/mol. The third-order valence-corrected chi connectivity index (χ3v) is 2.97. The van der Waals surface area contributed by atoms with Gasteiger partial charge in [0.25, 0.3) is 5.69 Å². The van der Waals surface area contributed by atoms with Crippen molar-refractivity contribution in [3.63, 3.8) is 0 Å². The Morgan fingerprint density at radius 3 is 2.59 bits per heavy atom. The Kier molecular flexibility index (Phi) is 4.57. The molecule has 0 radical (unpaired) electrons. The van der Waals surface area contributed by atoms with E-state index >= 15 is 0 Å². The molecule has 0 fully saturated rings. The van der Waals surface area contributed by atoms with Crippen LogP contribution in [0, 0.1) is 23.0 Å². The topological polar surface area (TPSA) is 68.1 Å². The first-order valence-corrected chi connectivity index (χ1v) is 5.73. The fourth-order valence-electron chi connectivity index (χ4n) is 1.78. The number of aryl methyl sites for hydroxylation is 1. The van der Waals surface area contributed by atoms with Crippen molar-refractivity contribution in [3.05, 3.63) is 33.6 Å². The molecule has 0 aromatic carbocycles. The molecule has 5 heteroatoms. The number of nitrogens with one attached hydrogen (secondary N) is 1. The monoisotopic (exact) mass is 237 g/mol. The Morgan fingerprint density at radius 2 is 2.18 bits per heavy atom. The quantitative estimate of drug-likeness (QED) is 0.629. The van der Waals surface area contributed by atoms with Crippen molar-refractivity contribution in [1.82, 2.24) is 10.3 Å². The third kappa shape index (κ3) is 3.49. The SMILES string of the molecule is CNC(Cc1ncc([N+](=O)[O-])cc1C)C(C)C. The van der Waals surface area contributed by atoms with Crippen LogP contribution in [-0.4, -0.2) is 23.0 Å².